The molecule has 1 aliphatic heterocycles. The molecule has 2 N–H and O–H groups in total. The Morgan fingerprint density at radius 1 is 0.938 bits per heavy atom. The smallest absolute Gasteiger partial charge is 0.216 e. The highest BCUT2D eigenvalue weighted by molar-refractivity contribution is 7.89. The van der Waals surface area contributed by atoms with Crippen LogP contribution >= 0.6 is 0 Å². The fourth-order valence-electron chi connectivity index (χ4n) is 2.70. The standard InChI is InChI=1S/C11H22N2O2S/c12-10-6-8-13(9-7-10)16(14,15)11-4-2-1-3-5-11/h10-11H,1-9,12H2. The first-order chi connectivity index (χ1) is 7.60. The van der Waals surface area contributed by atoms with Crippen molar-refractivity contribution in [3.63, 3.8) is 0 Å². The Hall–Kier alpha value is -0.130. The second kappa shape index (κ2) is 5.02. The SMILES string of the molecule is NC1CCN(S(=O)(=O)C2CCCCC2)CC1. The van der Waals surface area contributed by atoms with E-state index in [0.29, 0.717) is 13.1 Å². The Labute approximate surface area is 98.2 Å². The summed E-state index contributed by atoms with van der Waals surface area (Å²) in [6.45, 7) is 1.25. The van der Waals surface area contributed by atoms with E-state index in [1.165, 1.54) is 6.42 Å². The topological polar surface area (TPSA) is 63.4 Å². The zero-order valence-electron chi connectivity index (χ0n) is 9.77. The lowest BCUT2D eigenvalue weighted by Gasteiger charge is -2.33. The van der Waals surface area contributed by atoms with E-state index < -0.39 is 10.0 Å². The van der Waals surface area contributed by atoms with Crippen LogP contribution in [-0.4, -0.2) is 37.1 Å². The molecule has 1 saturated heterocycles. The zero-order chi connectivity index (χ0) is 11.6. The Morgan fingerprint density at radius 2 is 1.50 bits per heavy atom. The van der Waals surface area contributed by atoms with E-state index >= 15 is 0 Å². The highest BCUT2D eigenvalue weighted by atomic mass is 32.2. The summed E-state index contributed by atoms with van der Waals surface area (Å²) in [6.07, 6.45) is 6.65. The number of sulfonamides is 1. The van der Waals surface area contributed by atoms with Crippen molar-refractivity contribution in [2.45, 2.75) is 56.2 Å². The summed E-state index contributed by atoms with van der Waals surface area (Å²) in [6, 6.07) is 0.192. The van der Waals surface area contributed by atoms with Gasteiger partial charge in [-0.3, -0.25) is 0 Å². The second-order valence-electron chi connectivity index (χ2n) is 5.04. The molecule has 2 aliphatic rings. The molecule has 0 aromatic rings. The maximum absolute atomic E-state index is 12.3. The molecule has 5 heteroatoms. The van der Waals surface area contributed by atoms with Crippen LogP contribution in [0.1, 0.15) is 44.9 Å². The fourth-order valence-corrected chi connectivity index (χ4v) is 4.77. The van der Waals surface area contributed by atoms with E-state index in [2.05, 4.69) is 0 Å². The molecule has 0 radical (unpaired) electrons. The van der Waals surface area contributed by atoms with Crippen LogP contribution in [0.25, 0.3) is 0 Å². The summed E-state index contributed by atoms with van der Waals surface area (Å²) in [5.41, 5.74) is 5.80. The fraction of sp³-hybridized carbons (Fsp3) is 1.00. The van der Waals surface area contributed by atoms with Gasteiger partial charge in [-0.2, -0.15) is 0 Å². The van der Waals surface area contributed by atoms with E-state index in [1.807, 2.05) is 0 Å². The van der Waals surface area contributed by atoms with E-state index in [4.69, 9.17) is 5.73 Å². The van der Waals surface area contributed by atoms with Gasteiger partial charge in [-0.1, -0.05) is 19.3 Å². The van der Waals surface area contributed by atoms with Gasteiger partial charge in [-0.05, 0) is 25.7 Å². The molecule has 94 valence electrons. The molecule has 0 amide bonds. The molecule has 0 unspecified atom stereocenters. The first kappa shape index (κ1) is 12.3. The molecule has 16 heavy (non-hydrogen) atoms. The maximum Gasteiger partial charge on any atom is 0.216 e. The molecule has 0 atom stereocenters. The van der Waals surface area contributed by atoms with Gasteiger partial charge in [0.15, 0.2) is 0 Å². The van der Waals surface area contributed by atoms with Gasteiger partial charge in [-0.25, -0.2) is 12.7 Å². The number of nitrogens with two attached hydrogens (primary N) is 1. The second-order valence-corrected chi connectivity index (χ2v) is 7.25. The quantitative estimate of drug-likeness (QED) is 0.793. The van der Waals surface area contributed by atoms with Crippen molar-refractivity contribution in [1.82, 2.24) is 4.31 Å². The minimum absolute atomic E-state index is 0.115. The van der Waals surface area contributed by atoms with Crippen molar-refractivity contribution in [2.24, 2.45) is 5.73 Å². The third-order valence-corrected chi connectivity index (χ3v) is 6.23. The molecule has 0 aromatic heterocycles. The average Bonchev–Trinajstić information content (AvgIpc) is 2.31. The van der Waals surface area contributed by atoms with Gasteiger partial charge in [0.05, 0.1) is 5.25 Å². The molecular weight excluding hydrogens is 224 g/mol. The van der Waals surface area contributed by atoms with Gasteiger partial charge >= 0.3 is 0 Å². The van der Waals surface area contributed by atoms with Crippen LogP contribution < -0.4 is 5.73 Å². The van der Waals surface area contributed by atoms with Gasteiger partial charge < -0.3 is 5.73 Å². The van der Waals surface area contributed by atoms with Gasteiger partial charge in [0.25, 0.3) is 0 Å². The van der Waals surface area contributed by atoms with Crippen LogP contribution in [0.15, 0.2) is 0 Å². The zero-order valence-corrected chi connectivity index (χ0v) is 10.6. The van der Waals surface area contributed by atoms with Crippen LogP contribution in [0.4, 0.5) is 0 Å². The summed E-state index contributed by atoms with van der Waals surface area (Å²) < 4.78 is 26.3. The van der Waals surface area contributed by atoms with E-state index in [9.17, 15) is 8.42 Å². The Kier molecular flexibility index (Phi) is 3.87. The highest BCUT2D eigenvalue weighted by Crippen LogP contribution is 2.27. The van der Waals surface area contributed by atoms with Crippen molar-refractivity contribution in [3.05, 3.63) is 0 Å². The molecule has 2 rings (SSSR count). The van der Waals surface area contributed by atoms with Gasteiger partial charge in [0.1, 0.15) is 0 Å². The molecule has 0 bridgehead atoms. The monoisotopic (exact) mass is 246 g/mol. The Balaban J connectivity index is 2.00. The molecule has 1 saturated carbocycles. The molecule has 1 aliphatic carbocycles. The van der Waals surface area contributed by atoms with Crippen LogP contribution in [-0.2, 0) is 10.0 Å². The third-order valence-electron chi connectivity index (χ3n) is 3.83. The number of rotatable bonds is 2. The highest BCUT2D eigenvalue weighted by Gasteiger charge is 2.34. The summed E-state index contributed by atoms with van der Waals surface area (Å²) in [5, 5.41) is -0.115. The normalized spacial score (nSPS) is 27.1. The Bertz CT molecular complexity index is 315. The molecule has 0 spiro atoms. The van der Waals surface area contributed by atoms with Crippen molar-refractivity contribution in [1.29, 1.82) is 0 Å². The molecule has 2 fully saturated rings. The first-order valence-corrected chi connectivity index (χ1v) is 7.85. The number of nitrogens with zero attached hydrogens (tertiary/aromatic N) is 1. The maximum atomic E-state index is 12.3. The van der Waals surface area contributed by atoms with Crippen molar-refractivity contribution >= 4 is 10.0 Å². The lowest BCUT2D eigenvalue weighted by Crippen LogP contribution is -2.46. The van der Waals surface area contributed by atoms with Crippen molar-refractivity contribution < 1.29 is 8.42 Å². The van der Waals surface area contributed by atoms with Crippen LogP contribution in [0.2, 0.25) is 0 Å². The largest absolute Gasteiger partial charge is 0.328 e. The third kappa shape index (κ3) is 2.57. The molecule has 1 heterocycles. The minimum Gasteiger partial charge on any atom is -0.328 e. The average molecular weight is 246 g/mol. The number of piperidine rings is 1. The summed E-state index contributed by atoms with van der Waals surface area (Å²) in [5.74, 6) is 0. The predicted octanol–water partition coefficient (Wildman–Crippen LogP) is 1.07. The lowest BCUT2D eigenvalue weighted by molar-refractivity contribution is 0.311. The van der Waals surface area contributed by atoms with Crippen molar-refractivity contribution in [2.75, 3.05) is 13.1 Å². The number of hydrogen-bond donors (Lipinski definition) is 1. The molecular formula is C11H22N2O2S. The van der Waals surface area contributed by atoms with E-state index in [1.54, 1.807) is 4.31 Å². The van der Waals surface area contributed by atoms with Gasteiger partial charge in [-0.15, -0.1) is 0 Å². The minimum atomic E-state index is -3.03. The van der Waals surface area contributed by atoms with Crippen molar-refractivity contribution in [3.8, 4) is 0 Å². The van der Waals surface area contributed by atoms with Crippen LogP contribution in [0, 0.1) is 0 Å². The molecule has 0 aromatic carbocycles. The van der Waals surface area contributed by atoms with Gasteiger partial charge in [0, 0.05) is 19.1 Å². The summed E-state index contributed by atoms with van der Waals surface area (Å²) >= 11 is 0. The first-order valence-electron chi connectivity index (χ1n) is 6.35. The lowest BCUT2D eigenvalue weighted by atomic mass is 10.0. The Morgan fingerprint density at radius 3 is 2.06 bits per heavy atom. The van der Waals surface area contributed by atoms with Crippen LogP contribution in [0.3, 0.4) is 0 Å². The number of hydrogen-bond acceptors (Lipinski definition) is 3. The van der Waals surface area contributed by atoms with Gasteiger partial charge in [0.2, 0.25) is 10.0 Å². The van der Waals surface area contributed by atoms with E-state index in [-0.39, 0.29) is 11.3 Å². The summed E-state index contributed by atoms with van der Waals surface area (Å²) in [7, 11) is -3.03. The summed E-state index contributed by atoms with van der Waals surface area (Å²) in [4.78, 5) is 0. The van der Waals surface area contributed by atoms with E-state index in [0.717, 1.165) is 38.5 Å². The predicted molar refractivity (Wildman–Crippen MR) is 64.6 cm³/mol. The van der Waals surface area contributed by atoms with Crippen LogP contribution in [0.5, 0.6) is 0 Å². The molecule has 4 nitrogen and oxygen atoms in total.